The van der Waals surface area contributed by atoms with Gasteiger partial charge in [-0.25, -0.2) is 0 Å². The molecular weight excluding hydrogens is 228 g/mol. The third kappa shape index (κ3) is 1.88. The molecule has 2 unspecified atom stereocenters. The first-order valence-electron chi connectivity index (χ1n) is 6.63. The van der Waals surface area contributed by atoms with Crippen molar-refractivity contribution in [3.8, 4) is 11.5 Å². The predicted molar refractivity (Wildman–Crippen MR) is 68.0 cm³/mol. The second-order valence-corrected chi connectivity index (χ2v) is 5.77. The van der Waals surface area contributed by atoms with Crippen molar-refractivity contribution in [1.82, 2.24) is 0 Å². The van der Waals surface area contributed by atoms with E-state index in [4.69, 9.17) is 4.74 Å². The van der Waals surface area contributed by atoms with Crippen LogP contribution in [0.4, 0.5) is 0 Å². The first-order valence-corrected chi connectivity index (χ1v) is 6.63. The summed E-state index contributed by atoms with van der Waals surface area (Å²) in [6.45, 7) is 2.22. The molecule has 1 aliphatic carbocycles. The Labute approximate surface area is 107 Å². The number of fused-ring (bicyclic) bond motifs is 1. The van der Waals surface area contributed by atoms with Crippen molar-refractivity contribution in [2.75, 3.05) is 0 Å². The Morgan fingerprint density at radius 3 is 3.06 bits per heavy atom. The Morgan fingerprint density at radius 2 is 2.28 bits per heavy atom. The van der Waals surface area contributed by atoms with E-state index in [0.29, 0.717) is 23.7 Å². The van der Waals surface area contributed by atoms with E-state index >= 15 is 0 Å². The maximum Gasteiger partial charge on any atom is 0.170 e. The summed E-state index contributed by atoms with van der Waals surface area (Å²) < 4.78 is 6.10. The molecule has 1 aromatic rings. The largest absolute Gasteiger partial charge is 0.508 e. The number of rotatable bonds is 0. The first kappa shape index (κ1) is 11.6. The first-order chi connectivity index (χ1) is 8.58. The van der Waals surface area contributed by atoms with Crippen molar-refractivity contribution < 1.29 is 14.6 Å². The van der Waals surface area contributed by atoms with Gasteiger partial charge in [0.2, 0.25) is 0 Å². The normalized spacial score (nSPS) is 30.9. The monoisotopic (exact) mass is 246 g/mol. The van der Waals surface area contributed by atoms with Gasteiger partial charge in [0, 0.05) is 6.07 Å². The number of benzene rings is 1. The van der Waals surface area contributed by atoms with E-state index in [1.807, 2.05) is 0 Å². The average Bonchev–Trinajstić information content (AvgIpc) is 2.27. The minimum Gasteiger partial charge on any atom is -0.508 e. The number of phenols is 1. The molecule has 1 N–H and O–H groups in total. The van der Waals surface area contributed by atoms with Crippen molar-refractivity contribution in [3.05, 3.63) is 23.8 Å². The molecule has 1 spiro atoms. The van der Waals surface area contributed by atoms with Crippen LogP contribution in [0.1, 0.15) is 49.4 Å². The van der Waals surface area contributed by atoms with E-state index < -0.39 is 0 Å². The van der Waals surface area contributed by atoms with E-state index in [1.165, 1.54) is 6.42 Å². The van der Waals surface area contributed by atoms with Crippen LogP contribution in [0, 0.1) is 5.92 Å². The smallest absolute Gasteiger partial charge is 0.170 e. The molecule has 3 nitrogen and oxygen atoms in total. The lowest BCUT2D eigenvalue weighted by Gasteiger charge is -2.42. The zero-order chi connectivity index (χ0) is 12.8. The van der Waals surface area contributed by atoms with Crippen LogP contribution in [0.15, 0.2) is 18.2 Å². The highest BCUT2D eigenvalue weighted by Crippen LogP contribution is 2.44. The third-order valence-corrected chi connectivity index (χ3v) is 4.12. The van der Waals surface area contributed by atoms with E-state index in [1.54, 1.807) is 18.2 Å². The maximum absolute atomic E-state index is 12.2. The summed E-state index contributed by atoms with van der Waals surface area (Å²) in [6, 6.07) is 4.76. The van der Waals surface area contributed by atoms with E-state index in [-0.39, 0.29) is 17.1 Å². The number of carbonyl (C=O) groups excluding carboxylic acids is 1. The molecule has 2 atom stereocenters. The number of ketones is 1. The number of ether oxygens (including phenoxy) is 1. The quantitative estimate of drug-likeness (QED) is 0.764. The Balaban J connectivity index is 1.97. The molecule has 1 fully saturated rings. The SMILES string of the molecule is CC1CCCC2(CC(=O)c3ccc(O)cc3O2)C1. The van der Waals surface area contributed by atoms with E-state index in [0.717, 1.165) is 19.3 Å². The highest BCUT2D eigenvalue weighted by molar-refractivity contribution is 6.00. The molecule has 2 aliphatic rings. The molecule has 0 bridgehead atoms. The van der Waals surface area contributed by atoms with Gasteiger partial charge in [0.1, 0.15) is 17.1 Å². The predicted octanol–water partition coefficient (Wildman–Crippen LogP) is 3.31. The lowest BCUT2D eigenvalue weighted by Crippen LogP contribution is -2.45. The van der Waals surface area contributed by atoms with Crippen LogP contribution in [0.25, 0.3) is 0 Å². The van der Waals surface area contributed by atoms with Gasteiger partial charge in [-0.2, -0.15) is 0 Å². The fourth-order valence-corrected chi connectivity index (χ4v) is 3.35. The molecule has 1 saturated carbocycles. The Kier molecular flexibility index (Phi) is 2.58. The molecule has 18 heavy (non-hydrogen) atoms. The van der Waals surface area contributed by atoms with Gasteiger partial charge in [-0.1, -0.05) is 13.3 Å². The van der Waals surface area contributed by atoms with Crippen LogP contribution >= 0.6 is 0 Å². The molecule has 3 heteroatoms. The van der Waals surface area contributed by atoms with Crippen LogP contribution in [-0.4, -0.2) is 16.5 Å². The highest BCUT2D eigenvalue weighted by atomic mass is 16.5. The number of Topliss-reactive ketones (excluding diaryl/α,β-unsaturated/α-hetero) is 1. The topological polar surface area (TPSA) is 46.5 Å². The van der Waals surface area contributed by atoms with Gasteiger partial charge in [-0.15, -0.1) is 0 Å². The van der Waals surface area contributed by atoms with Crippen LogP contribution in [0.5, 0.6) is 11.5 Å². The molecule has 0 amide bonds. The third-order valence-electron chi connectivity index (χ3n) is 4.12. The van der Waals surface area contributed by atoms with E-state index in [2.05, 4.69) is 6.92 Å². The minimum atomic E-state index is -0.324. The summed E-state index contributed by atoms with van der Waals surface area (Å²) in [6.07, 6.45) is 4.69. The molecular formula is C15H18O3. The van der Waals surface area contributed by atoms with Gasteiger partial charge in [0.15, 0.2) is 5.78 Å². The second kappa shape index (κ2) is 4.01. The molecule has 96 valence electrons. The summed E-state index contributed by atoms with van der Waals surface area (Å²) in [5.74, 6) is 1.46. The number of aromatic hydroxyl groups is 1. The Bertz CT molecular complexity index is 495. The minimum absolute atomic E-state index is 0.144. The molecule has 0 aromatic heterocycles. The molecule has 1 heterocycles. The summed E-state index contributed by atoms with van der Waals surface area (Å²) in [5.41, 5.74) is 0.284. The standard InChI is InChI=1S/C15H18O3/c1-10-3-2-6-15(8-10)9-13(17)12-5-4-11(16)7-14(12)18-15/h4-5,7,10,16H,2-3,6,8-9H2,1H3. The lowest BCUT2D eigenvalue weighted by molar-refractivity contribution is -0.000930. The number of hydrogen-bond acceptors (Lipinski definition) is 3. The number of hydrogen-bond donors (Lipinski definition) is 1. The van der Waals surface area contributed by atoms with Crippen molar-refractivity contribution in [3.63, 3.8) is 0 Å². The van der Waals surface area contributed by atoms with Crippen molar-refractivity contribution in [1.29, 1.82) is 0 Å². The Hall–Kier alpha value is -1.51. The zero-order valence-corrected chi connectivity index (χ0v) is 10.6. The molecule has 1 aliphatic heterocycles. The molecule has 0 radical (unpaired) electrons. The van der Waals surface area contributed by atoms with Crippen LogP contribution in [0.3, 0.4) is 0 Å². The summed E-state index contributed by atoms with van der Waals surface area (Å²) >= 11 is 0. The van der Waals surface area contributed by atoms with Crippen LogP contribution < -0.4 is 4.74 Å². The van der Waals surface area contributed by atoms with Crippen LogP contribution in [0.2, 0.25) is 0 Å². The van der Waals surface area contributed by atoms with E-state index in [9.17, 15) is 9.90 Å². The fraction of sp³-hybridized carbons (Fsp3) is 0.533. The Morgan fingerprint density at radius 1 is 1.44 bits per heavy atom. The van der Waals surface area contributed by atoms with Gasteiger partial charge in [-0.3, -0.25) is 4.79 Å². The average molecular weight is 246 g/mol. The second-order valence-electron chi connectivity index (χ2n) is 5.77. The molecule has 3 rings (SSSR count). The lowest BCUT2D eigenvalue weighted by atomic mass is 9.74. The zero-order valence-electron chi connectivity index (χ0n) is 10.6. The number of carbonyl (C=O) groups is 1. The summed E-state index contributed by atoms with van der Waals surface area (Å²) in [5, 5.41) is 9.52. The maximum atomic E-state index is 12.2. The van der Waals surface area contributed by atoms with Crippen molar-refractivity contribution in [2.24, 2.45) is 5.92 Å². The highest BCUT2D eigenvalue weighted by Gasteiger charge is 2.43. The summed E-state index contributed by atoms with van der Waals surface area (Å²) in [7, 11) is 0. The van der Waals surface area contributed by atoms with Gasteiger partial charge >= 0.3 is 0 Å². The van der Waals surface area contributed by atoms with Crippen LogP contribution in [-0.2, 0) is 0 Å². The fourth-order valence-electron chi connectivity index (χ4n) is 3.35. The van der Waals surface area contributed by atoms with Gasteiger partial charge in [0.05, 0.1) is 12.0 Å². The van der Waals surface area contributed by atoms with Gasteiger partial charge in [-0.05, 0) is 37.3 Å². The molecule has 0 saturated heterocycles. The molecule has 1 aromatic carbocycles. The number of phenolic OH excluding ortho intramolecular Hbond substituents is 1. The van der Waals surface area contributed by atoms with Crippen molar-refractivity contribution >= 4 is 5.78 Å². The van der Waals surface area contributed by atoms with Gasteiger partial charge < -0.3 is 9.84 Å². The van der Waals surface area contributed by atoms with Gasteiger partial charge in [0.25, 0.3) is 0 Å². The summed E-state index contributed by atoms with van der Waals surface area (Å²) in [4.78, 5) is 12.2. The van der Waals surface area contributed by atoms with Crippen molar-refractivity contribution in [2.45, 2.75) is 44.6 Å².